The summed E-state index contributed by atoms with van der Waals surface area (Å²) in [7, 11) is 1.64. The first-order valence-corrected chi connectivity index (χ1v) is 6.46. The number of ether oxygens (including phenoxy) is 4. The highest BCUT2D eigenvalue weighted by atomic mass is 16.8. The maximum atomic E-state index is 5.86. The molecule has 0 atom stereocenters. The van der Waals surface area contributed by atoms with Gasteiger partial charge in [0.15, 0.2) is 6.29 Å². The first-order chi connectivity index (χ1) is 8.84. The van der Waals surface area contributed by atoms with Gasteiger partial charge in [0.2, 0.25) is 0 Å². The fraction of sp³-hybridized carbons (Fsp3) is 0.600. The van der Waals surface area contributed by atoms with E-state index in [4.69, 9.17) is 18.9 Å². The highest BCUT2D eigenvalue weighted by molar-refractivity contribution is 5.31. The summed E-state index contributed by atoms with van der Waals surface area (Å²) < 4.78 is 22.5. The molecule has 2 rings (SSSR count). The van der Waals surface area contributed by atoms with Crippen molar-refractivity contribution in [3.63, 3.8) is 0 Å². The maximum Gasteiger partial charge on any atom is 0.193 e. The van der Waals surface area contributed by atoms with Gasteiger partial charge in [0.25, 0.3) is 0 Å². The van der Waals surface area contributed by atoms with Gasteiger partial charge in [-0.15, -0.1) is 0 Å². The zero-order chi connectivity index (χ0) is 14.1. The number of methoxy groups -OCH3 is 1. The summed E-state index contributed by atoms with van der Waals surface area (Å²) in [4.78, 5) is 0. The van der Waals surface area contributed by atoms with Gasteiger partial charge in [0, 0.05) is 0 Å². The second-order valence-corrected chi connectivity index (χ2v) is 5.67. The summed E-state index contributed by atoms with van der Waals surface area (Å²) in [5, 5.41) is 0. The van der Waals surface area contributed by atoms with Gasteiger partial charge in [0.05, 0.1) is 18.3 Å². The Morgan fingerprint density at radius 3 is 1.89 bits per heavy atom. The van der Waals surface area contributed by atoms with Gasteiger partial charge in [-0.05, 0) is 52.0 Å². The Bertz CT molecular complexity index is 406. The molecule has 0 saturated carbocycles. The van der Waals surface area contributed by atoms with Gasteiger partial charge in [-0.25, -0.2) is 0 Å². The monoisotopic (exact) mass is 266 g/mol. The zero-order valence-corrected chi connectivity index (χ0v) is 12.2. The molecular weight excluding hydrogens is 244 g/mol. The van der Waals surface area contributed by atoms with Crippen molar-refractivity contribution in [2.24, 2.45) is 0 Å². The fourth-order valence-corrected chi connectivity index (χ4v) is 1.87. The highest BCUT2D eigenvalue weighted by Gasteiger charge is 2.49. The maximum absolute atomic E-state index is 5.86. The van der Waals surface area contributed by atoms with E-state index in [-0.39, 0.29) is 17.5 Å². The number of hydrogen-bond donors (Lipinski definition) is 0. The van der Waals surface area contributed by atoms with Crippen molar-refractivity contribution in [3.05, 3.63) is 24.3 Å². The molecule has 0 unspecified atom stereocenters. The molecule has 0 radical (unpaired) electrons. The van der Waals surface area contributed by atoms with E-state index in [1.54, 1.807) is 7.11 Å². The molecule has 1 aromatic rings. The van der Waals surface area contributed by atoms with Crippen LogP contribution in [0.15, 0.2) is 24.3 Å². The van der Waals surface area contributed by atoms with E-state index in [9.17, 15) is 0 Å². The first kappa shape index (κ1) is 14.2. The molecule has 4 nitrogen and oxygen atoms in total. The molecule has 0 aromatic heterocycles. The molecule has 1 fully saturated rings. The summed E-state index contributed by atoms with van der Waals surface area (Å²) in [6, 6.07) is 7.45. The largest absolute Gasteiger partial charge is 0.497 e. The molecule has 4 heteroatoms. The third kappa shape index (κ3) is 3.01. The van der Waals surface area contributed by atoms with Crippen molar-refractivity contribution in [1.82, 2.24) is 0 Å². The lowest BCUT2D eigenvalue weighted by molar-refractivity contribution is -0.107. The van der Waals surface area contributed by atoms with Crippen LogP contribution in [-0.4, -0.2) is 31.2 Å². The molecule has 19 heavy (non-hydrogen) atoms. The van der Waals surface area contributed by atoms with E-state index >= 15 is 0 Å². The molecule has 106 valence electrons. The normalized spacial score (nSPS) is 21.3. The van der Waals surface area contributed by atoms with E-state index in [1.807, 2.05) is 52.0 Å². The predicted octanol–water partition coefficient (Wildman–Crippen LogP) is 3.00. The lowest BCUT2D eigenvalue weighted by atomic mass is 9.90. The number of rotatable bonds is 4. The van der Waals surface area contributed by atoms with Gasteiger partial charge >= 0.3 is 0 Å². The summed E-state index contributed by atoms with van der Waals surface area (Å²) in [5.41, 5.74) is -0.637. The van der Waals surface area contributed by atoms with Crippen LogP contribution in [0, 0.1) is 0 Å². The van der Waals surface area contributed by atoms with Crippen LogP contribution in [0.3, 0.4) is 0 Å². The minimum atomic E-state index is -0.341. The van der Waals surface area contributed by atoms with Crippen molar-refractivity contribution in [1.29, 1.82) is 0 Å². The molecule has 1 heterocycles. The fourth-order valence-electron chi connectivity index (χ4n) is 1.87. The van der Waals surface area contributed by atoms with Crippen molar-refractivity contribution in [2.45, 2.75) is 45.2 Å². The first-order valence-electron chi connectivity index (χ1n) is 6.46. The molecule has 0 aliphatic carbocycles. The van der Waals surface area contributed by atoms with Crippen LogP contribution >= 0.6 is 0 Å². The third-order valence-electron chi connectivity index (χ3n) is 3.75. The van der Waals surface area contributed by atoms with Crippen LogP contribution in [0.2, 0.25) is 0 Å². The van der Waals surface area contributed by atoms with E-state index in [1.165, 1.54) is 0 Å². The molecule has 1 aliphatic heterocycles. The van der Waals surface area contributed by atoms with Crippen LogP contribution in [0.1, 0.15) is 27.7 Å². The van der Waals surface area contributed by atoms with Gasteiger partial charge in [-0.1, -0.05) is 0 Å². The third-order valence-corrected chi connectivity index (χ3v) is 3.75. The van der Waals surface area contributed by atoms with E-state index in [2.05, 4.69) is 0 Å². The Morgan fingerprint density at radius 1 is 0.947 bits per heavy atom. The van der Waals surface area contributed by atoms with Crippen molar-refractivity contribution in [2.75, 3.05) is 13.7 Å². The minimum Gasteiger partial charge on any atom is -0.497 e. The second-order valence-electron chi connectivity index (χ2n) is 5.67. The van der Waals surface area contributed by atoms with Crippen LogP contribution in [-0.2, 0) is 9.47 Å². The summed E-state index contributed by atoms with van der Waals surface area (Å²) in [6.07, 6.45) is -0.341. The standard InChI is InChI=1S/C15H22O4/c1-14(2)15(3,4)19-13(18-14)10-17-12-8-6-11(16-5)7-9-12/h6-9,13H,10H2,1-5H3. The number of hydrogen-bond acceptors (Lipinski definition) is 4. The molecule has 0 bridgehead atoms. The lowest BCUT2D eigenvalue weighted by Crippen LogP contribution is -2.41. The summed E-state index contributed by atoms with van der Waals surface area (Å²) in [5.74, 6) is 1.58. The van der Waals surface area contributed by atoms with Crippen molar-refractivity contribution >= 4 is 0 Å². The van der Waals surface area contributed by atoms with Gasteiger partial charge in [-0.2, -0.15) is 0 Å². The smallest absolute Gasteiger partial charge is 0.193 e. The van der Waals surface area contributed by atoms with Crippen molar-refractivity contribution in [3.8, 4) is 11.5 Å². The van der Waals surface area contributed by atoms with Crippen LogP contribution in [0.4, 0.5) is 0 Å². The minimum absolute atomic E-state index is 0.319. The Kier molecular flexibility index (Phi) is 3.74. The average Bonchev–Trinajstić information content (AvgIpc) is 2.56. The molecule has 0 amide bonds. The zero-order valence-electron chi connectivity index (χ0n) is 12.2. The summed E-state index contributed by atoms with van der Waals surface area (Å²) >= 11 is 0. The molecular formula is C15H22O4. The predicted molar refractivity (Wildman–Crippen MR) is 72.6 cm³/mol. The lowest BCUT2D eigenvalue weighted by Gasteiger charge is -2.30. The number of benzene rings is 1. The molecule has 0 N–H and O–H groups in total. The molecule has 1 saturated heterocycles. The average molecular weight is 266 g/mol. The molecule has 1 aromatic carbocycles. The topological polar surface area (TPSA) is 36.9 Å². The molecule has 1 aliphatic rings. The second kappa shape index (κ2) is 5.02. The Hall–Kier alpha value is -1.26. The van der Waals surface area contributed by atoms with Gasteiger partial charge < -0.3 is 18.9 Å². The van der Waals surface area contributed by atoms with E-state index in [0.717, 1.165) is 11.5 Å². The van der Waals surface area contributed by atoms with Crippen molar-refractivity contribution < 1.29 is 18.9 Å². The van der Waals surface area contributed by atoms with E-state index in [0.29, 0.717) is 6.61 Å². The van der Waals surface area contributed by atoms with E-state index < -0.39 is 0 Å². The SMILES string of the molecule is COc1ccc(OCC2OC(C)(C)C(C)(C)O2)cc1. The Labute approximate surface area is 114 Å². The summed E-state index contributed by atoms with van der Waals surface area (Å²) in [6.45, 7) is 8.49. The Balaban J connectivity index is 1.90. The Morgan fingerprint density at radius 2 is 1.42 bits per heavy atom. The van der Waals surface area contributed by atoms with Gasteiger partial charge in [-0.3, -0.25) is 0 Å². The van der Waals surface area contributed by atoms with Crippen LogP contribution in [0.25, 0.3) is 0 Å². The van der Waals surface area contributed by atoms with Crippen LogP contribution < -0.4 is 9.47 Å². The molecule has 0 spiro atoms. The van der Waals surface area contributed by atoms with Gasteiger partial charge in [0.1, 0.15) is 18.1 Å². The quantitative estimate of drug-likeness (QED) is 0.839. The van der Waals surface area contributed by atoms with Crippen LogP contribution in [0.5, 0.6) is 11.5 Å². The highest BCUT2D eigenvalue weighted by Crippen LogP contribution is 2.38.